The van der Waals surface area contributed by atoms with Crippen molar-refractivity contribution in [1.82, 2.24) is 9.78 Å². The molecule has 12 heavy (non-hydrogen) atoms. The van der Waals surface area contributed by atoms with Crippen LogP contribution in [-0.4, -0.2) is 15.7 Å². The molecule has 1 heterocycles. The molecule has 0 bridgehead atoms. The fraction of sp³-hybridized carbons (Fsp3) is 0.429. The second kappa shape index (κ2) is 3.25. The molecule has 0 saturated heterocycles. The second-order valence-electron chi connectivity index (χ2n) is 2.39. The molecule has 1 amide bonds. The molecule has 0 N–H and O–H groups in total. The zero-order valence-electron chi connectivity index (χ0n) is 6.94. The average Bonchev–Trinajstić information content (AvgIpc) is 2.45. The normalized spacial score (nSPS) is 9.83. The first-order valence-electron chi connectivity index (χ1n) is 3.59. The van der Waals surface area contributed by atoms with E-state index in [0.29, 0.717) is 0 Å². The van der Waals surface area contributed by atoms with Crippen LogP contribution in [0.15, 0.2) is 11.2 Å². The van der Waals surface area contributed by atoms with E-state index < -0.39 is 5.91 Å². The van der Waals surface area contributed by atoms with Crippen LogP contribution >= 0.6 is 0 Å². The molecule has 0 fully saturated rings. The maximum atomic E-state index is 10.8. The third-order valence-corrected chi connectivity index (χ3v) is 1.59. The number of hydrogen-bond donors (Lipinski definition) is 0. The predicted molar refractivity (Wildman–Crippen MR) is 42.7 cm³/mol. The Kier molecular flexibility index (Phi) is 2.32. The number of rotatable bonds is 2. The van der Waals surface area contributed by atoms with Gasteiger partial charge in [-0.1, -0.05) is 6.92 Å². The van der Waals surface area contributed by atoms with Crippen molar-refractivity contribution in [2.45, 2.75) is 13.3 Å². The summed E-state index contributed by atoms with van der Waals surface area (Å²) in [7, 11) is 1.61. The Morgan fingerprint density at radius 1 is 1.75 bits per heavy atom. The van der Waals surface area contributed by atoms with Crippen LogP contribution in [0, 0.1) is 4.91 Å². The van der Waals surface area contributed by atoms with Crippen LogP contribution in [0.25, 0.3) is 0 Å². The summed E-state index contributed by atoms with van der Waals surface area (Å²) in [6.45, 7) is 1.92. The maximum absolute atomic E-state index is 10.8. The van der Waals surface area contributed by atoms with Crippen molar-refractivity contribution >= 4 is 5.91 Å². The number of aromatic nitrogens is 2. The summed E-state index contributed by atoms with van der Waals surface area (Å²) < 4.78 is 1.36. The number of carbonyl (C=O) groups is 1. The van der Waals surface area contributed by atoms with Crippen molar-refractivity contribution in [1.29, 1.82) is 0 Å². The van der Waals surface area contributed by atoms with Crippen molar-refractivity contribution in [2.75, 3.05) is 0 Å². The highest BCUT2D eigenvalue weighted by molar-refractivity contribution is 5.93. The van der Waals surface area contributed by atoms with E-state index in [1.165, 1.54) is 4.68 Å². The predicted octanol–water partition coefficient (Wildman–Crippen LogP) is 0.889. The smallest absolute Gasteiger partial charge is 0.262 e. The van der Waals surface area contributed by atoms with E-state index in [2.05, 4.69) is 10.3 Å². The Balaban J connectivity index is 3.07. The lowest BCUT2D eigenvalue weighted by Crippen LogP contribution is -2.03. The lowest BCUT2D eigenvalue weighted by molar-refractivity contribution is 0.0992. The molecule has 0 spiro atoms. The first-order chi connectivity index (χ1) is 5.69. The van der Waals surface area contributed by atoms with E-state index in [0.717, 1.165) is 12.1 Å². The fourth-order valence-electron chi connectivity index (χ4n) is 0.946. The highest BCUT2D eigenvalue weighted by Gasteiger charge is 2.12. The van der Waals surface area contributed by atoms with Gasteiger partial charge in [-0.25, -0.2) is 0 Å². The summed E-state index contributed by atoms with van der Waals surface area (Å²) in [4.78, 5) is 20.7. The fourth-order valence-corrected chi connectivity index (χ4v) is 0.946. The van der Waals surface area contributed by atoms with Gasteiger partial charge in [0.05, 0.1) is 5.69 Å². The number of amides is 1. The Morgan fingerprint density at radius 3 is 2.83 bits per heavy atom. The van der Waals surface area contributed by atoms with Gasteiger partial charge >= 0.3 is 5.91 Å². The third-order valence-electron chi connectivity index (χ3n) is 1.59. The molecule has 0 saturated carbocycles. The molecular formula is C7H9N3O2. The van der Waals surface area contributed by atoms with Gasteiger partial charge in [-0.3, -0.25) is 9.48 Å². The SMILES string of the molecule is CCc1cc(C(=O)N=O)n(C)n1. The van der Waals surface area contributed by atoms with E-state index in [1.54, 1.807) is 13.1 Å². The van der Waals surface area contributed by atoms with Gasteiger partial charge in [-0.2, -0.15) is 5.10 Å². The molecule has 64 valence electrons. The van der Waals surface area contributed by atoms with Crippen molar-refractivity contribution in [3.05, 3.63) is 22.4 Å². The number of aryl methyl sites for hydroxylation is 2. The minimum Gasteiger partial charge on any atom is -0.262 e. The van der Waals surface area contributed by atoms with Crippen LogP contribution in [0.5, 0.6) is 0 Å². The molecule has 0 aliphatic heterocycles. The van der Waals surface area contributed by atoms with Gasteiger partial charge in [-0.15, -0.1) is 4.91 Å². The van der Waals surface area contributed by atoms with Crippen LogP contribution in [0.3, 0.4) is 0 Å². The number of carbonyl (C=O) groups excluding carboxylic acids is 1. The van der Waals surface area contributed by atoms with Gasteiger partial charge in [0.2, 0.25) is 0 Å². The second-order valence-corrected chi connectivity index (χ2v) is 2.39. The van der Waals surface area contributed by atoms with E-state index >= 15 is 0 Å². The van der Waals surface area contributed by atoms with Gasteiger partial charge in [0.15, 0.2) is 0 Å². The summed E-state index contributed by atoms with van der Waals surface area (Å²) in [5.41, 5.74) is 1.02. The third kappa shape index (κ3) is 1.39. The minimum atomic E-state index is -0.773. The Hall–Kier alpha value is -1.52. The maximum Gasteiger partial charge on any atom is 0.334 e. The topological polar surface area (TPSA) is 64.3 Å². The number of hydrogen-bond acceptors (Lipinski definition) is 3. The van der Waals surface area contributed by atoms with E-state index in [1.807, 2.05) is 6.92 Å². The summed E-state index contributed by atoms with van der Waals surface area (Å²) in [5.74, 6) is -0.773. The lowest BCUT2D eigenvalue weighted by Gasteiger charge is -1.90. The molecule has 0 atom stereocenters. The largest absolute Gasteiger partial charge is 0.334 e. The van der Waals surface area contributed by atoms with Crippen molar-refractivity contribution in [2.24, 2.45) is 12.2 Å². The lowest BCUT2D eigenvalue weighted by atomic mass is 10.3. The van der Waals surface area contributed by atoms with E-state index in [-0.39, 0.29) is 5.69 Å². The van der Waals surface area contributed by atoms with Gasteiger partial charge in [-0.05, 0) is 12.5 Å². The molecule has 0 radical (unpaired) electrons. The molecule has 0 unspecified atom stereocenters. The molecular weight excluding hydrogens is 158 g/mol. The summed E-state index contributed by atoms with van der Waals surface area (Å²) in [5, 5.41) is 6.31. The molecule has 1 aromatic rings. The highest BCUT2D eigenvalue weighted by Crippen LogP contribution is 2.04. The van der Waals surface area contributed by atoms with Gasteiger partial charge in [0, 0.05) is 12.2 Å². The van der Waals surface area contributed by atoms with Crippen LogP contribution < -0.4 is 0 Å². The first-order valence-corrected chi connectivity index (χ1v) is 3.59. The minimum absolute atomic E-state index is 0.238. The molecule has 5 nitrogen and oxygen atoms in total. The molecule has 0 aromatic carbocycles. The number of nitrogens with zero attached hydrogens (tertiary/aromatic N) is 3. The molecule has 1 rings (SSSR count). The van der Waals surface area contributed by atoms with Crippen LogP contribution in [0.4, 0.5) is 0 Å². The molecule has 0 aliphatic rings. The monoisotopic (exact) mass is 167 g/mol. The zero-order valence-corrected chi connectivity index (χ0v) is 6.94. The van der Waals surface area contributed by atoms with Gasteiger partial charge in [0.25, 0.3) is 0 Å². The molecule has 0 aliphatic carbocycles. The average molecular weight is 167 g/mol. The molecule has 1 aromatic heterocycles. The van der Waals surface area contributed by atoms with Crippen LogP contribution in [-0.2, 0) is 13.5 Å². The Morgan fingerprint density at radius 2 is 2.42 bits per heavy atom. The highest BCUT2D eigenvalue weighted by atomic mass is 16.3. The first kappa shape index (κ1) is 8.58. The van der Waals surface area contributed by atoms with Crippen LogP contribution in [0.1, 0.15) is 23.1 Å². The van der Waals surface area contributed by atoms with Crippen molar-refractivity contribution in [3.8, 4) is 0 Å². The Labute approximate surface area is 69.4 Å². The van der Waals surface area contributed by atoms with Crippen molar-refractivity contribution < 1.29 is 4.79 Å². The van der Waals surface area contributed by atoms with Crippen LogP contribution in [0.2, 0.25) is 0 Å². The standard InChI is InChI=1S/C7H9N3O2/c1-3-5-4-6(7(11)9-12)10(2)8-5/h4H,3H2,1-2H3. The summed E-state index contributed by atoms with van der Waals surface area (Å²) in [6.07, 6.45) is 0.736. The quantitative estimate of drug-likeness (QED) is 0.614. The van der Waals surface area contributed by atoms with Crippen molar-refractivity contribution in [3.63, 3.8) is 0 Å². The number of nitroso groups, excluding NO2 is 1. The van der Waals surface area contributed by atoms with E-state index in [4.69, 9.17) is 0 Å². The Bertz CT molecular complexity index is 316. The van der Waals surface area contributed by atoms with Gasteiger partial charge < -0.3 is 0 Å². The summed E-state index contributed by atoms with van der Waals surface area (Å²) >= 11 is 0. The molecule has 5 heteroatoms. The van der Waals surface area contributed by atoms with Gasteiger partial charge in [0.1, 0.15) is 5.69 Å². The van der Waals surface area contributed by atoms with E-state index in [9.17, 15) is 9.70 Å². The summed E-state index contributed by atoms with van der Waals surface area (Å²) in [6, 6.07) is 1.57. The zero-order chi connectivity index (χ0) is 9.14.